The molecule has 0 saturated carbocycles. The van der Waals surface area contributed by atoms with Gasteiger partial charge in [0.05, 0.1) is 0 Å². The summed E-state index contributed by atoms with van der Waals surface area (Å²) in [5, 5.41) is 0. The highest BCUT2D eigenvalue weighted by Crippen LogP contribution is 2.19. The van der Waals surface area contributed by atoms with Crippen molar-refractivity contribution >= 4 is 17.9 Å². The van der Waals surface area contributed by atoms with Gasteiger partial charge in [0.15, 0.2) is 6.10 Å². The highest BCUT2D eigenvalue weighted by molar-refractivity contribution is 5.71. The van der Waals surface area contributed by atoms with Gasteiger partial charge in [-0.3, -0.25) is 14.4 Å². The maximum atomic E-state index is 12.9. The number of hydrogen-bond acceptors (Lipinski definition) is 6. The zero-order valence-corrected chi connectivity index (χ0v) is 55.4. The average Bonchev–Trinajstić information content (AvgIpc) is 3.47. The fourth-order valence-electron chi connectivity index (χ4n) is 11.7. The third-order valence-corrected chi connectivity index (χ3v) is 17.3. The van der Waals surface area contributed by atoms with Crippen LogP contribution in [0.15, 0.2) is 12.2 Å². The Bertz CT molecular complexity index is 1260. The number of hydrogen-bond donors (Lipinski definition) is 0. The van der Waals surface area contributed by atoms with Gasteiger partial charge < -0.3 is 14.2 Å². The Morgan fingerprint density at radius 1 is 0.235 bits per heavy atom. The van der Waals surface area contributed by atoms with Crippen LogP contribution in [0.3, 0.4) is 0 Å². The molecule has 0 aliphatic heterocycles. The first kappa shape index (κ1) is 79.2. The Morgan fingerprint density at radius 3 is 0.617 bits per heavy atom. The lowest BCUT2D eigenvalue weighted by Gasteiger charge is -2.18. The van der Waals surface area contributed by atoms with Gasteiger partial charge in [-0.2, -0.15) is 0 Å². The minimum absolute atomic E-state index is 0.0624. The second-order valence-corrected chi connectivity index (χ2v) is 25.6. The highest BCUT2D eigenvalue weighted by atomic mass is 16.6. The second kappa shape index (κ2) is 70.6. The van der Waals surface area contributed by atoms with E-state index in [0.717, 1.165) is 57.8 Å². The molecule has 1 unspecified atom stereocenters. The molecule has 0 saturated heterocycles. The molecule has 0 radical (unpaired) electrons. The predicted octanol–water partition coefficient (Wildman–Crippen LogP) is 25.6. The van der Waals surface area contributed by atoms with Crippen LogP contribution in [-0.4, -0.2) is 37.2 Å². The van der Waals surface area contributed by atoms with E-state index in [1.165, 1.54) is 334 Å². The standard InChI is InChI=1S/C75H144O6/c1-4-7-10-13-16-19-21-23-25-27-29-31-33-35-36-37-38-39-40-41-43-44-46-48-50-52-54-56-59-62-65-68-74(77)80-71-72(70-79-73(76)67-64-61-58-18-15-12-9-6-3)81-75(78)69-66-63-60-57-55-53-51-49-47-45-42-34-32-30-28-26-24-22-20-17-14-11-8-5-2/h27,29,72H,4-26,28,30-71H2,1-3H3/b29-27-. The SMILES string of the molecule is CCCCCCCCCC/C=C\CCCCCCCCCCCCCCCCCCCCCC(=O)OCC(COC(=O)CCCCCCCCCC)OC(=O)CCCCCCCCCCCCCCCCCCCCCCCCCC. The summed E-state index contributed by atoms with van der Waals surface area (Å²) < 4.78 is 16.9. The van der Waals surface area contributed by atoms with Crippen molar-refractivity contribution in [3.05, 3.63) is 12.2 Å². The van der Waals surface area contributed by atoms with Crippen LogP contribution in [-0.2, 0) is 28.6 Å². The monoisotopic (exact) mass is 1140 g/mol. The van der Waals surface area contributed by atoms with E-state index < -0.39 is 6.10 Å². The summed E-state index contributed by atoms with van der Waals surface area (Å²) in [6.07, 6.45) is 85.8. The Morgan fingerprint density at radius 2 is 0.407 bits per heavy atom. The van der Waals surface area contributed by atoms with Crippen LogP contribution >= 0.6 is 0 Å². The lowest BCUT2D eigenvalue weighted by atomic mass is 10.0. The molecule has 0 aromatic carbocycles. The molecular weight excluding hydrogens is 997 g/mol. The van der Waals surface area contributed by atoms with Gasteiger partial charge in [0.1, 0.15) is 13.2 Å². The van der Waals surface area contributed by atoms with Gasteiger partial charge >= 0.3 is 17.9 Å². The minimum Gasteiger partial charge on any atom is -0.462 e. The van der Waals surface area contributed by atoms with Crippen LogP contribution < -0.4 is 0 Å². The van der Waals surface area contributed by atoms with Crippen molar-refractivity contribution in [2.24, 2.45) is 0 Å². The number of allylic oxidation sites excluding steroid dienone is 2. The molecule has 0 N–H and O–H groups in total. The third kappa shape index (κ3) is 68.8. The zero-order chi connectivity index (χ0) is 58.5. The zero-order valence-electron chi connectivity index (χ0n) is 55.4. The van der Waals surface area contributed by atoms with Crippen LogP contribution in [0, 0.1) is 0 Å². The van der Waals surface area contributed by atoms with Gasteiger partial charge in [0.2, 0.25) is 0 Å². The predicted molar refractivity (Wildman–Crippen MR) is 353 cm³/mol. The molecule has 0 fully saturated rings. The molecule has 0 rings (SSSR count). The lowest BCUT2D eigenvalue weighted by Crippen LogP contribution is -2.30. The fraction of sp³-hybridized carbons (Fsp3) is 0.933. The molecule has 1 atom stereocenters. The molecule has 480 valence electrons. The average molecular weight is 1140 g/mol. The number of rotatable bonds is 70. The number of unbranched alkanes of at least 4 members (excludes halogenated alkanes) is 57. The first-order valence-corrected chi connectivity index (χ1v) is 37.2. The molecule has 0 amide bonds. The molecule has 0 aliphatic rings. The number of esters is 3. The summed E-state index contributed by atoms with van der Waals surface area (Å²) in [6, 6.07) is 0. The normalized spacial score (nSPS) is 12.0. The van der Waals surface area contributed by atoms with Crippen LogP contribution in [0.5, 0.6) is 0 Å². The summed E-state index contributed by atoms with van der Waals surface area (Å²) >= 11 is 0. The van der Waals surface area contributed by atoms with E-state index in [-0.39, 0.29) is 31.1 Å². The first-order chi connectivity index (χ1) is 40.0. The maximum absolute atomic E-state index is 12.9. The molecule has 0 spiro atoms. The van der Waals surface area contributed by atoms with E-state index in [1.807, 2.05) is 0 Å². The molecule has 6 nitrogen and oxygen atoms in total. The lowest BCUT2D eigenvalue weighted by molar-refractivity contribution is -0.167. The topological polar surface area (TPSA) is 78.9 Å². The van der Waals surface area contributed by atoms with Gasteiger partial charge in [-0.15, -0.1) is 0 Å². The van der Waals surface area contributed by atoms with Crippen molar-refractivity contribution in [2.75, 3.05) is 13.2 Å². The van der Waals surface area contributed by atoms with Crippen molar-refractivity contribution in [1.82, 2.24) is 0 Å². The third-order valence-electron chi connectivity index (χ3n) is 17.3. The van der Waals surface area contributed by atoms with Crippen molar-refractivity contribution in [2.45, 2.75) is 438 Å². The first-order valence-electron chi connectivity index (χ1n) is 37.2. The number of carbonyl (C=O) groups excluding carboxylic acids is 3. The quantitative estimate of drug-likeness (QED) is 0.0261. The van der Waals surface area contributed by atoms with Crippen LogP contribution in [0.1, 0.15) is 432 Å². The van der Waals surface area contributed by atoms with E-state index in [0.29, 0.717) is 19.3 Å². The van der Waals surface area contributed by atoms with Crippen LogP contribution in [0.2, 0.25) is 0 Å². The van der Waals surface area contributed by atoms with E-state index in [9.17, 15) is 14.4 Å². The summed E-state index contributed by atoms with van der Waals surface area (Å²) in [5.41, 5.74) is 0. The molecule has 0 aromatic rings. The van der Waals surface area contributed by atoms with E-state index >= 15 is 0 Å². The van der Waals surface area contributed by atoms with Crippen molar-refractivity contribution in [3.63, 3.8) is 0 Å². The van der Waals surface area contributed by atoms with Crippen molar-refractivity contribution in [1.29, 1.82) is 0 Å². The Kier molecular flexibility index (Phi) is 69.0. The summed E-state index contributed by atoms with van der Waals surface area (Å²) in [5.74, 6) is -0.831. The second-order valence-electron chi connectivity index (χ2n) is 25.6. The Hall–Kier alpha value is -1.85. The largest absolute Gasteiger partial charge is 0.462 e. The van der Waals surface area contributed by atoms with Crippen LogP contribution in [0.4, 0.5) is 0 Å². The van der Waals surface area contributed by atoms with E-state index in [4.69, 9.17) is 14.2 Å². The van der Waals surface area contributed by atoms with Crippen LogP contribution in [0.25, 0.3) is 0 Å². The Balaban J connectivity index is 4.00. The summed E-state index contributed by atoms with van der Waals surface area (Å²) in [4.78, 5) is 38.3. The maximum Gasteiger partial charge on any atom is 0.306 e. The molecule has 6 heteroatoms. The molecular formula is C75H144O6. The van der Waals surface area contributed by atoms with Gasteiger partial charge in [0.25, 0.3) is 0 Å². The molecule has 0 bridgehead atoms. The smallest absolute Gasteiger partial charge is 0.306 e. The van der Waals surface area contributed by atoms with Gasteiger partial charge in [-0.25, -0.2) is 0 Å². The van der Waals surface area contributed by atoms with E-state index in [2.05, 4.69) is 32.9 Å². The van der Waals surface area contributed by atoms with Gasteiger partial charge in [-0.05, 0) is 44.9 Å². The van der Waals surface area contributed by atoms with Crippen molar-refractivity contribution in [3.8, 4) is 0 Å². The molecule has 81 heavy (non-hydrogen) atoms. The molecule has 0 aliphatic carbocycles. The highest BCUT2D eigenvalue weighted by Gasteiger charge is 2.20. The molecule has 0 heterocycles. The number of carbonyl (C=O) groups is 3. The number of ether oxygens (including phenoxy) is 3. The minimum atomic E-state index is -0.764. The Labute approximate surface area is 507 Å². The summed E-state index contributed by atoms with van der Waals surface area (Å²) in [6.45, 7) is 6.70. The van der Waals surface area contributed by atoms with Crippen molar-refractivity contribution < 1.29 is 28.6 Å². The van der Waals surface area contributed by atoms with Gasteiger partial charge in [0, 0.05) is 19.3 Å². The van der Waals surface area contributed by atoms with Gasteiger partial charge in [-0.1, -0.05) is 380 Å². The summed E-state index contributed by atoms with van der Waals surface area (Å²) in [7, 11) is 0. The fourth-order valence-corrected chi connectivity index (χ4v) is 11.7. The molecule has 0 aromatic heterocycles. The van der Waals surface area contributed by atoms with E-state index in [1.54, 1.807) is 0 Å².